The lowest BCUT2D eigenvalue weighted by molar-refractivity contribution is -0.145. The maximum absolute atomic E-state index is 12.8. The van der Waals surface area contributed by atoms with E-state index in [1.165, 1.54) is 0 Å². The first-order valence-electron chi connectivity index (χ1n) is 8.66. The molecule has 2 aliphatic heterocycles. The fourth-order valence-electron chi connectivity index (χ4n) is 3.63. The molecule has 0 aliphatic carbocycles. The van der Waals surface area contributed by atoms with E-state index in [9.17, 15) is 4.79 Å². The number of morpholine rings is 1. The third-order valence-electron chi connectivity index (χ3n) is 4.70. The van der Waals surface area contributed by atoms with Crippen LogP contribution in [0.15, 0.2) is 24.3 Å². The summed E-state index contributed by atoms with van der Waals surface area (Å²) >= 11 is 6.14. The molecule has 3 unspecified atom stereocenters. The molecule has 2 heterocycles. The van der Waals surface area contributed by atoms with Crippen LogP contribution >= 0.6 is 11.6 Å². The highest BCUT2D eigenvalue weighted by Gasteiger charge is 2.30. The molecule has 1 amide bonds. The van der Waals surface area contributed by atoms with E-state index in [1.807, 2.05) is 36.9 Å². The molecule has 3 atom stereocenters. The fourth-order valence-corrected chi connectivity index (χ4v) is 3.83. The molecule has 3 rings (SSSR count). The molecule has 1 aromatic carbocycles. The predicted octanol–water partition coefficient (Wildman–Crippen LogP) is 1.92. The van der Waals surface area contributed by atoms with Gasteiger partial charge in [-0.2, -0.15) is 0 Å². The van der Waals surface area contributed by atoms with Crippen LogP contribution in [0.4, 0.5) is 0 Å². The first kappa shape index (κ1) is 17.7. The van der Waals surface area contributed by atoms with E-state index in [-0.39, 0.29) is 24.2 Å². The van der Waals surface area contributed by atoms with Crippen molar-refractivity contribution in [2.75, 3.05) is 39.3 Å². The van der Waals surface area contributed by atoms with E-state index in [1.54, 1.807) is 0 Å². The first-order valence-corrected chi connectivity index (χ1v) is 9.04. The topological polar surface area (TPSA) is 44.8 Å². The number of carbonyl (C=O) groups is 1. The van der Waals surface area contributed by atoms with Crippen molar-refractivity contribution in [2.45, 2.75) is 32.1 Å². The highest BCUT2D eigenvalue weighted by atomic mass is 35.5. The Hall–Kier alpha value is -1.14. The van der Waals surface area contributed by atoms with Crippen LogP contribution < -0.4 is 5.32 Å². The minimum atomic E-state index is 0.101. The first-order chi connectivity index (χ1) is 11.5. The van der Waals surface area contributed by atoms with Gasteiger partial charge in [-0.15, -0.1) is 0 Å². The molecule has 2 fully saturated rings. The van der Waals surface area contributed by atoms with E-state index in [0.29, 0.717) is 19.6 Å². The summed E-state index contributed by atoms with van der Waals surface area (Å²) < 4.78 is 5.73. The van der Waals surface area contributed by atoms with Crippen molar-refractivity contribution >= 4 is 17.5 Å². The van der Waals surface area contributed by atoms with Crippen molar-refractivity contribution in [3.05, 3.63) is 34.9 Å². The second-order valence-electron chi connectivity index (χ2n) is 6.80. The van der Waals surface area contributed by atoms with Gasteiger partial charge < -0.3 is 15.0 Å². The number of rotatable bonds is 3. The van der Waals surface area contributed by atoms with Crippen LogP contribution in [0, 0.1) is 0 Å². The van der Waals surface area contributed by atoms with E-state index in [4.69, 9.17) is 16.3 Å². The Morgan fingerprint density at radius 2 is 2.08 bits per heavy atom. The number of amides is 1. The molecule has 5 nitrogen and oxygen atoms in total. The number of nitrogens with zero attached hydrogens (tertiary/aromatic N) is 2. The molecule has 0 aromatic heterocycles. The van der Waals surface area contributed by atoms with Crippen molar-refractivity contribution in [1.82, 2.24) is 15.1 Å². The van der Waals surface area contributed by atoms with Gasteiger partial charge in [-0.25, -0.2) is 0 Å². The smallest absolute Gasteiger partial charge is 0.236 e. The number of halogens is 1. The molecule has 24 heavy (non-hydrogen) atoms. The summed E-state index contributed by atoms with van der Waals surface area (Å²) in [7, 11) is 0. The number of piperazine rings is 1. The normalized spacial score (nSPS) is 28.8. The van der Waals surface area contributed by atoms with Crippen LogP contribution in [-0.2, 0) is 9.53 Å². The Morgan fingerprint density at radius 1 is 1.33 bits per heavy atom. The van der Waals surface area contributed by atoms with Crippen LogP contribution in [0.2, 0.25) is 5.02 Å². The lowest BCUT2D eigenvalue weighted by Crippen LogP contribution is -2.54. The molecule has 0 radical (unpaired) electrons. The highest BCUT2D eigenvalue weighted by Crippen LogP contribution is 2.25. The maximum atomic E-state index is 12.8. The number of hydrogen-bond donors (Lipinski definition) is 1. The van der Waals surface area contributed by atoms with Crippen molar-refractivity contribution < 1.29 is 9.53 Å². The Bertz CT molecular complexity index is 573. The zero-order valence-electron chi connectivity index (χ0n) is 14.4. The van der Waals surface area contributed by atoms with Crippen molar-refractivity contribution in [2.24, 2.45) is 0 Å². The van der Waals surface area contributed by atoms with Gasteiger partial charge in [0.15, 0.2) is 0 Å². The molecular formula is C18H26ClN3O2. The summed E-state index contributed by atoms with van der Waals surface area (Å²) in [5.41, 5.74) is 1.16. The number of hydrogen-bond acceptors (Lipinski definition) is 4. The van der Waals surface area contributed by atoms with E-state index >= 15 is 0 Å². The summed E-state index contributed by atoms with van der Waals surface area (Å²) in [6.45, 7) is 8.44. The lowest BCUT2D eigenvalue weighted by Gasteiger charge is -2.39. The Balaban J connectivity index is 1.68. The SMILES string of the molecule is CC1CN(C(=O)CN2CCNCC2c2cccc(Cl)c2)CC(C)O1. The number of nitrogens with one attached hydrogen (secondary N) is 1. The van der Waals surface area contributed by atoms with Gasteiger partial charge in [-0.05, 0) is 31.5 Å². The van der Waals surface area contributed by atoms with Gasteiger partial charge in [-0.1, -0.05) is 23.7 Å². The van der Waals surface area contributed by atoms with Crippen LogP contribution in [-0.4, -0.2) is 67.2 Å². The summed E-state index contributed by atoms with van der Waals surface area (Å²) in [4.78, 5) is 17.0. The predicted molar refractivity (Wildman–Crippen MR) is 95.2 cm³/mol. The third kappa shape index (κ3) is 4.28. The van der Waals surface area contributed by atoms with E-state index in [2.05, 4.69) is 16.3 Å². The van der Waals surface area contributed by atoms with Gasteiger partial charge in [0.05, 0.1) is 18.8 Å². The molecule has 2 saturated heterocycles. The molecule has 1 aromatic rings. The molecule has 2 aliphatic rings. The number of ether oxygens (including phenoxy) is 1. The van der Waals surface area contributed by atoms with Crippen LogP contribution in [0.3, 0.4) is 0 Å². The van der Waals surface area contributed by atoms with Gasteiger partial charge in [0.1, 0.15) is 0 Å². The molecule has 0 saturated carbocycles. The third-order valence-corrected chi connectivity index (χ3v) is 4.93. The zero-order valence-corrected chi connectivity index (χ0v) is 15.1. The minimum absolute atomic E-state index is 0.101. The standard InChI is InChI=1S/C18H26ClN3O2/c1-13-10-22(11-14(2)24-13)18(23)12-21-7-6-20-9-17(21)15-4-3-5-16(19)8-15/h3-5,8,13-14,17,20H,6-7,9-12H2,1-2H3. The molecule has 1 N–H and O–H groups in total. The lowest BCUT2D eigenvalue weighted by atomic mass is 10.0. The average Bonchev–Trinajstić information content (AvgIpc) is 2.54. The summed E-state index contributed by atoms with van der Waals surface area (Å²) in [5, 5.41) is 4.16. The van der Waals surface area contributed by atoms with Crippen molar-refractivity contribution in [3.8, 4) is 0 Å². The summed E-state index contributed by atoms with van der Waals surface area (Å²) in [6, 6.07) is 8.11. The Kier molecular flexibility index (Phi) is 5.76. The fraction of sp³-hybridized carbons (Fsp3) is 0.611. The molecule has 0 spiro atoms. The van der Waals surface area contributed by atoms with Gasteiger partial charge in [0.2, 0.25) is 5.91 Å². The second-order valence-corrected chi connectivity index (χ2v) is 7.24. The van der Waals surface area contributed by atoms with E-state index in [0.717, 1.165) is 30.2 Å². The molecule has 6 heteroatoms. The zero-order chi connectivity index (χ0) is 17.1. The number of carbonyl (C=O) groups excluding carboxylic acids is 1. The average molecular weight is 352 g/mol. The second kappa shape index (κ2) is 7.83. The maximum Gasteiger partial charge on any atom is 0.236 e. The van der Waals surface area contributed by atoms with Crippen molar-refractivity contribution in [1.29, 1.82) is 0 Å². The largest absolute Gasteiger partial charge is 0.372 e. The van der Waals surface area contributed by atoms with Crippen LogP contribution in [0.1, 0.15) is 25.5 Å². The quantitative estimate of drug-likeness (QED) is 0.903. The number of benzene rings is 1. The Labute approximate surface area is 148 Å². The molecule has 0 bridgehead atoms. The van der Waals surface area contributed by atoms with Gasteiger partial charge in [0.25, 0.3) is 0 Å². The minimum Gasteiger partial charge on any atom is -0.372 e. The highest BCUT2D eigenvalue weighted by molar-refractivity contribution is 6.30. The van der Waals surface area contributed by atoms with E-state index < -0.39 is 0 Å². The molecular weight excluding hydrogens is 326 g/mol. The monoisotopic (exact) mass is 351 g/mol. The van der Waals surface area contributed by atoms with Gasteiger partial charge >= 0.3 is 0 Å². The molecule has 132 valence electrons. The van der Waals surface area contributed by atoms with Crippen molar-refractivity contribution in [3.63, 3.8) is 0 Å². The van der Waals surface area contributed by atoms with Gasteiger partial charge in [0, 0.05) is 43.8 Å². The van der Waals surface area contributed by atoms with Crippen LogP contribution in [0.5, 0.6) is 0 Å². The Morgan fingerprint density at radius 3 is 2.79 bits per heavy atom. The van der Waals surface area contributed by atoms with Gasteiger partial charge in [-0.3, -0.25) is 9.69 Å². The summed E-state index contributed by atoms with van der Waals surface area (Å²) in [5.74, 6) is 0.186. The summed E-state index contributed by atoms with van der Waals surface area (Å²) in [6.07, 6.45) is 0.203. The van der Waals surface area contributed by atoms with Crippen LogP contribution in [0.25, 0.3) is 0 Å².